The second-order valence-electron chi connectivity index (χ2n) is 2.29. The number of aliphatic hydroxyl groups is 1. The first-order chi connectivity index (χ1) is 5.24. The first-order valence-electron chi connectivity index (χ1n) is 4.13. The largest absolute Gasteiger partial charge is 0.391 e. The molecule has 0 saturated carbocycles. The van der Waals surface area contributed by atoms with Crippen molar-refractivity contribution in [3.05, 3.63) is 0 Å². The Morgan fingerprint density at radius 1 is 1.09 bits per heavy atom. The molecule has 0 bridgehead atoms. The van der Waals surface area contributed by atoms with Gasteiger partial charge in [0.25, 0.3) is 0 Å². The Morgan fingerprint density at radius 2 is 1.55 bits per heavy atom. The Kier molecular flexibility index (Phi) is 5.46. The van der Waals surface area contributed by atoms with E-state index in [0.29, 0.717) is 19.6 Å². The molecule has 0 aliphatic carbocycles. The van der Waals surface area contributed by atoms with Gasteiger partial charge in [-0.05, 0) is 13.8 Å². The summed E-state index contributed by atoms with van der Waals surface area (Å²) in [6, 6.07) is 0. The summed E-state index contributed by atoms with van der Waals surface area (Å²) in [6.07, 6.45) is 0.672. The van der Waals surface area contributed by atoms with Gasteiger partial charge in [0.15, 0.2) is 5.79 Å². The Morgan fingerprint density at radius 3 is 1.73 bits per heavy atom. The Bertz CT molecular complexity index is 81.3. The second kappa shape index (κ2) is 5.52. The third kappa shape index (κ3) is 3.18. The van der Waals surface area contributed by atoms with Crippen molar-refractivity contribution < 1.29 is 14.6 Å². The molecule has 1 N–H and O–H groups in total. The van der Waals surface area contributed by atoms with Gasteiger partial charge in [-0.2, -0.15) is 0 Å². The minimum atomic E-state index is -0.760. The summed E-state index contributed by atoms with van der Waals surface area (Å²) < 4.78 is 10.6. The van der Waals surface area contributed by atoms with E-state index in [1.54, 1.807) is 0 Å². The number of hydrogen-bond acceptors (Lipinski definition) is 3. The van der Waals surface area contributed by atoms with Crippen LogP contribution < -0.4 is 0 Å². The molecule has 0 rings (SSSR count). The van der Waals surface area contributed by atoms with Crippen LogP contribution >= 0.6 is 0 Å². The van der Waals surface area contributed by atoms with Crippen molar-refractivity contribution in [3.8, 4) is 0 Å². The molecule has 0 aromatic heterocycles. The van der Waals surface area contributed by atoms with E-state index in [2.05, 4.69) is 0 Å². The van der Waals surface area contributed by atoms with Crippen LogP contribution in [0.2, 0.25) is 0 Å². The molecule has 0 aromatic carbocycles. The van der Waals surface area contributed by atoms with E-state index >= 15 is 0 Å². The highest BCUT2D eigenvalue weighted by Crippen LogP contribution is 2.16. The molecule has 0 saturated heterocycles. The molecule has 68 valence electrons. The molecular formula is C8H18O3. The van der Waals surface area contributed by atoms with Crippen LogP contribution in [0.15, 0.2) is 0 Å². The standard InChI is InChI=1S/C8H18O3/c1-4-8(7-9,10-5-2)11-6-3/h9H,4-7H2,1-3H3. The molecule has 0 heterocycles. The normalized spacial score (nSPS) is 12.0. The van der Waals surface area contributed by atoms with Gasteiger partial charge in [-0.3, -0.25) is 0 Å². The fourth-order valence-corrected chi connectivity index (χ4v) is 0.975. The molecule has 3 nitrogen and oxygen atoms in total. The summed E-state index contributed by atoms with van der Waals surface area (Å²) in [5, 5.41) is 8.99. The van der Waals surface area contributed by atoms with Gasteiger partial charge in [-0.1, -0.05) is 6.92 Å². The monoisotopic (exact) mass is 162 g/mol. The lowest BCUT2D eigenvalue weighted by Crippen LogP contribution is -2.39. The minimum absolute atomic E-state index is 0.0782. The number of hydrogen-bond donors (Lipinski definition) is 1. The van der Waals surface area contributed by atoms with Crippen LogP contribution in [0, 0.1) is 0 Å². The maximum Gasteiger partial charge on any atom is 0.191 e. The van der Waals surface area contributed by atoms with Gasteiger partial charge >= 0.3 is 0 Å². The van der Waals surface area contributed by atoms with Crippen molar-refractivity contribution in [3.63, 3.8) is 0 Å². The van der Waals surface area contributed by atoms with E-state index in [1.807, 2.05) is 20.8 Å². The van der Waals surface area contributed by atoms with Gasteiger partial charge < -0.3 is 14.6 Å². The molecule has 0 atom stereocenters. The van der Waals surface area contributed by atoms with E-state index in [9.17, 15) is 0 Å². The first kappa shape index (κ1) is 10.9. The summed E-state index contributed by atoms with van der Waals surface area (Å²) in [7, 11) is 0. The van der Waals surface area contributed by atoms with E-state index in [0.717, 1.165) is 0 Å². The minimum Gasteiger partial charge on any atom is -0.391 e. The third-order valence-electron chi connectivity index (χ3n) is 1.59. The van der Waals surface area contributed by atoms with Gasteiger partial charge in [0, 0.05) is 19.6 Å². The fourth-order valence-electron chi connectivity index (χ4n) is 0.975. The highest BCUT2D eigenvalue weighted by atomic mass is 16.7. The van der Waals surface area contributed by atoms with Gasteiger partial charge in [0.1, 0.15) is 0 Å². The maximum absolute atomic E-state index is 8.99. The van der Waals surface area contributed by atoms with Crippen molar-refractivity contribution in [2.75, 3.05) is 19.8 Å². The topological polar surface area (TPSA) is 38.7 Å². The van der Waals surface area contributed by atoms with E-state index in [4.69, 9.17) is 14.6 Å². The lowest BCUT2D eigenvalue weighted by molar-refractivity contribution is -0.252. The van der Waals surface area contributed by atoms with Crippen LogP contribution in [0.25, 0.3) is 0 Å². The van der Waals surface area contributed by atoms with Gasteiger partial charge in [0.05, 0.1) is 6.61 Å². The molecule has 0 aliphatic heterocycles. The van der Waals surface area contributed by atoms with Crippen molar-refractivity contribution in [1.29, 1.82) is 0 Å². The van der Waals surface area contributed by atoms with Crippen LogP contribution in [0.5, 0.6) is 0 Å². The number of aliphatic hydroxyl groups excluding tert-OH is 1. The number of rotatable bonds is 6. The van der Waals surface area contributed by atoms with E-state index in [-0.39, 0.29) is 6.61 Å². The lowest BCUT2D eigenvalue weighted by Gasteiger charge is -2.29. The molecule has 0 radical (unpaired) electrons. The first-order valence-corrected chi connectivity index (χ1v) is 4.13. The van der Waals surface area contributed by atoms with Crippen LogP contribution in [-0.2, 0) is 9.47 Å². The third-order valence-corrected chi connectivity index (χ3v) is 1.59. The highest BCUT2D eigenvalue weighted by Gasteiger charge is 2.27. The summed E-state index contributed by atoms with van der Waals surface area (Å²) in [6.45, 7) is 6.76. The van der Waals surface area contributed by atoms with Gasteiger partial charge in [-0.15, -0.1) is 0 Å². The molecule has 3 heteroatoms. The summed E-state index contributed by atoms with van der Waals surface area (Å²) in [5.74, 6) is -0.760. The van der Waals surface area contributed by atoms with Crippen molar-refractivity contribution >= 4 is 0 Å². The molecule has 0 aliphatic rings. The Balaban J connectivity index is 3.96. The second-order valence-corrected chi connectivity index (χ2v) is 2.29. The molecule has 0 spiro atoms. The predicted octanol–water partition coefficient (Wildman–Crippen LogP) is 1.16. The zero-order valence-corrected chi connectivity index (χ0v) is 7.59. The molecule has 0 unspecified atom stereocenters. The van der Waals surface area contributed by atoms with E-state index < -0.39 is 5.79 Å². The molecule has 0 fully saturated rings. The van der Waals surface area contributed by atoms with Crippen LogP contribution in [0.3, 0.4) is 0 Å². The lowest BCUT2D eigenvalue weighted by atomic mass is 10.2. The SMILES string of the molecule is CCOC(CC)(CO)OCC. The molecular weight excluding hydrogens is 144 g/mol. The summed E-state index contributed by atoms with van der Waals surface area (Å²) in [4.78, 5) is 0. The summed E-state index contributed by atoms with van der Waals surface area (Å²) >= 11 is 0. The fraction of sp³-hybridized carbons (Fsp3) is 1.00. The highest BCUT2D eigenvalue weighted by molar-refractivity contribution is 4.65. The Labute approximate surface area is 68.3 Å². The maximum atomic E-state index is 8.99. The van der Waals surface area contributed by atoms with Crippen molar-refractivity contribution in [1.82, 2.24) is 0 Å². The molecule has 0 amide bonds. The van der Waals surface area contributed by atoms with Crippen LogP contribution in [0.1, 0.15) is 27.2 Å². The molecule has 0 aromatic rings. The van der Waals surface area contributed by atoms with Crippen LogP contribution in [0.4, 0.5) is 0 Å². The van der Waals surface area contributed by atoms with Gasteiger partial charge in [0.2, 0.25) is 0 Å². The van der Waals surface area contributed by atoms with Crippen molar-refractivity contribution in [2.24, 2.45) is 0 Å². The van der Waals surface area contributed by atoms with Crippen LogP contribution in [-0.4, -0.2) is 30.7 Å². The average molecular weight is 162 g/mol. The zero-order valence-electron chi connectivity index (χ0n) is 7.59. The van der Waals surface area contributed by atoms with E-state index in [1.165, 1.54) is 0 Å². The predicted molar refractivity (Wildman–Crippen MR) is 43.4 cm³/mol. The van der Waals surface area contributed by atoms with Gasteiger partial charge in [-0.25, -0.2) is 0 Å². The number of ether oxygens (including phenoxy) is 2. The molecule has 11 heavy (non-hydrogen) atoms. The summed E-state index contributed by atoms with van der Waals surface area (Å²) in [5.41, 5.74) is 0. The zero-order chi connectivity index (χ0) is 8.74. The quantitative estimate of drug-likeness (QED) is 0.595. The Hall–Kier alpha value is -0.120. The van der Waals surface area contributed by atoms with Crippen molar-refractivity contribution in [2.45, 2.75) is 33.0 Å². The average Bonchev–Trinajstić information content (AvgIpc) is 2.04. The smallest absolute Gasteiger partial charge is 0.191 e.